The minimum absolute atomic E-state index is 0.402. The van der Waals surface area contributed by atoms with E-state index in [0.717, 1.165) is 31.2 Å². The first-order chi connectivity index (χ1) is 9.52. The van der Waals surface area contributed by atoms with Crippen LogP contribution in [0.25, 0.3) is 0 Å². The molecule has 0 aromatic carbocycles. The molecule has 2 aliphatic rings. The summed E-state index contributed by atoms with van der Waals surface area (Å²) >= 11 is 0. The third-order valence-corrected chi connectivity index (χ3v) is 5.37. The summed E-state index contributed by atoms with van der Waals surface area (Å²) in [4.78, 5) is 7.06. The van der Waals surface area contributed by atoms with Gasteiger partial charge in [0.25, 0.3) is 0 Å². The molecule has 2 aliphatic heterocycles. The van der Waals surface area contributed by atoms with Crippen molar-refractivity contribution in [3.63, 3.8) is 0 Å². The lowest BCUT2D eigenvalue weighted by atomic mass is 10.1. The first-order valence-corrected chi connectivity index (χ1v) is 9.09. The summed E-state index contributed by atoms with van der Waals surface area (Å²) in [5.74, 6) is 0.869. The Hall–Kier alpha value is -0.920. The van der Waals surface area contributed by atoms with Crippen LogP contribution >= 0.6 is 0 Å². The first-order valence-electron chi connectivity index (χ1n) is 7.25. The molecule has 3 rings (SSSR count). The Bertz CT molecular complexity index is 575. The van der Waals surface area contributed by atoms with Crippen molar-refractivity contribution in [3.05, 3.63) is 17.7 Å². The third-order valence-electron chi connectivity index (χ3n) is 4.12. The molecule has 0 amide bonds. The SMILES string of the molecule is CS(=O)(=O)N1CCn2cc(CN3CCCCC3)nc2C1. The van der Waals surface area contributed by atoms with Crippen LogP contribution in [0.2, 0.25) is 0 Å². The molecule has 1 fully saturated rings. The van der Waals surface area contributed by atoms with Crippen molar-refractivity contribution in [1.82, 2.24) is 18.8 Å². The Kier molecular flexibility index (Phi) is 3.83. The van der Waals surface area contributed by atoms with Crippen molar-refractivity contribution in [2.24, 2.45) is 0 Å². The highest BCUT2D eigenvalue weighted by atomic mass is 32.2. The Morgan fingerprint density at radius 3 is 2.60 bits per heavy atom. The van der Waals surface area contributed by atoms with Crippen LogP contribution in [0.5, 0.6) is 0 Å². The van der Waals surface area contributed by atoms with E-state index >= 15 is 0 Å². The number of fused-ring (bicyclic) bond motifs is 1. The predicted molar refractivity (Wildman–Crippen MR) is 76.6 cm³/mol. The lowest BCUT2D eigenvalue weighted by molar-refractivity contribution is 0.218. The molecule has 0 atom stereocenters. The zero-order valence-corrected chi connectivity index (χ0v) is 12.8. The number of likely N-dealkylation sites (tertiary alicyclic amines) is 1. The van der Waals surface area contributed by atoms with Crippen LogP contribution < -0.4 is 0 Å². The van der Waals surface area contributed by atoms with Gasteiger partial charge in [0.05, 0.1) is 18.5 Å². The molecular formula is C13H22N4O2S. The van der Waals surface area contributed by atoms with Crippen LogP contribution in [0.15, 0.2) is 6.20 Å². The van der Waals surface area contributed by atoms with E-state index < -0.39 is 10.0 Å². The smallest absolute Gasteiger partial charge is 0.211 e. The summed E-state index contributed by atoms with van der Waals surface area (Å²) in [6.07, 6.45) is 7.23. The second kappa shape index (κ2) is 5.46. The molecule has 1 saturated heterocycles. The fourth-order valence-electron chi connectivity index (χ4n) is 2.99. The van der Waals surface area contributed by atoms with E-state index in [9.17, 15) is 8.42 Å². The topological polar surface area (TPSA) is 58.4 Å². The zero-order chi connectivity index (χ0) is 14.2. The summed E-state index contributed by atoms with van der Waals surface area (Å²) in [5, 5.41) is 0. The Labute approximate surface area is 120 Å². The lowest BCUT2D eigenvalue weighted by Gasteiger charge is -2.25. The van der Waals surface area contributed by atoms with Gasteiger partial charge in [-0.15, -0.1) is 0 Å². The highest BCUT2D eigenvalue weighted by Crippen LogP contribution is 2.17. The second-order valence-electron chi connectivity index (χ2n) is 5.78. The molecule has 1 aromatic rings. The van der Waals surface area contributed by atoms with E-state index in [1.54, 1.807) is 0 Å². The Balaban J connectivity index is 1.70. The largest absolute Gasteiger partial charge is 0.332 e. The molecule has 0 saturated carbocycles. The van der Waals surface area contributed by atoms with Gasteiger partial charge in [-0.25, -0.2) is 13.4 Å². The molecule has 0 N–H and O–H groups in total. The fourth-order valence-corrected chi connectivity index (χ4v) is 3.76. The van der Waals surface area contributed by atoms with Crippen molar-refractivity contribution in [2.45, 2.75) is 38.9 Å². The molecule has 0 radical (unpaired) electrons. The van der Waals surface area contributed by atoms with E-state index in [1.165, 1.54) is 29.8 Å². The molecule has 0 unspecified atom stereocenters. The zero-order valence-electron chi connectivity index (χ0n) is 12.0. The minimum Gasteiger partial charge on any atom is -0.332 e. The Morgan fingerprint density at radius 1 is 1.15 bits per heavy atom. The first kappa shape index (κ1) is 14.0. The average molecular weight is 298 g/mol. The molecule has 112 valence electrons. The molecule has 6 nitrogen and oxygen atoms in total. The molecule has 20 heavy (non-hydrogen) atoms. The summed E-state index contributed by atoms with van der Waals surface area (Å²) in [7, 11) is -3.12. The van der Waals surface area contributed by atoms with Crippen LogP contribution in [-0.2, 0) is 29.7 Å². The molecule has 0 bridgehead atoms. The number of hydrogen-bond donors (Lipinski definition) is 0. The fraction of sp³-hybridized carbons (Fsp3) is 0.769. The normalized spacial score (nSPS) is 21.9. The van der Waals surface area contributed by atoms with E-state index in [4.69, 9.17) is 0 Å². The summed E-state index contributed by atoms with van der Waals surface area (Å²) < 4.78 is 26.8. The predicted octanol–water partition coefficient (Wildman–Crippen LogP) is 0.644. The third kappa shape index (κ3) is 3.05. The van der Waals surface area contributed by atoms with Crippen LogP contribution in [-0.4, -0.2) is 53.1 Å². The van der Waals surface area contributed by atoms with Crippen LogP contribution in [0.3, 0.4) is 0 Å². The number of aromatic nitrogens is 2. The maximum atomic E-state index is 11.6. The van der Waals surface area contributed by atoms with Crippen molar-refractivity contribution in [3.8, 4) is 0 Å². The van der Waals surface area contributed by atoms with Crippen molar-refractivity contribution in [2.75, 3.05) is 25.9 Å². The van der Waals surface area contributed by atoms with Crippen LogP contribution in [0.4, 0.5) is 0 Å². The number of imidazole rings is 1. The number of hydrogen-bond acceptors (Lipinski definition) is 4. The molecule has 3 heterocycles. The molecular weight excluding hydrogens is 276 g/mol. The molecule has 0 aliphatic carbocycles. The van der Waals surface area contributed by atoms with Gasteiger partial charge in [-0.05, 0) is 25.9 Å². The van der Waals surface area contributed by atoms with Crippen LogP contribution in [0.1, 0.15) is 30.8 Å². The standard InChI is InChI=1S/C13H22N4O2S/c1-20(18,19)17-8-7-16-10-12(14-13(16)11-17)9-15-5-3-2-4-6-15/h10H,2-9,11H2,1H3. The molecule has 0 spiro atoms. The monoisotopic (exact) mass is 298 g/mol. The Morgan fingerprint density at radius 2 is 1.90 bits per heavy atom. The van der Waals surface area contributed by atoms with Crippen LogP contribution in [0, 0.1) is 0 Å². The molecule has 1 aromatic heterocycles. The number of nitrogens with zero attached hydrogens (tertiary/aromatic N) is 4. The minimum atomic E-state index is -3.12. The van der Waals surface area contributed by atoms with Gasteiger partial charge < -0.3 is 4.57 Å². The highest BCUT2D eigenvalue weighted by Gasteiger charge is 2.25. The van der Waals surface area contributed by atoms with Crippen molar-refractivity contribution >= 4 is 10.0 Å². The number of sulfonamides is 1. The summed E-state index contributed by atoms with van der Waals surface area (Å²) in [5.41, 5.74) is 1.07. The number of piperidine rings is 1. The molecule has 7 heteroatoms. The van der Waals surface area contributed by atoms with Gasteiger partial charge in [0.15, 0.2) is 0 Å². The number of rotatable bonds is 3. The lowest BCUT2D eigenvalue weighted by Crippen LogP contribution is -2.37. The quantitative estimate of drug-likeness (QED) is 0.822. The van der Waals surface area contributed by atoms with Crippen molar-refractivity contribution in [1.29, 1.82) is 0 Å². The van der Waals surface area contributed by atoms with E-state index in [-0.39, 0.29) is 0 Å². The van der Waals surface area contributed by atoms with Gasteiger partial charge in [0.2, 0.25) is 10.0 Å². The van der Waals surface area contributed by atoms with E-state index in [2.05, 4.69) is 20.6 Å². The van der Waals surface area contributed by atoms with Crippen molar-refractivity contribution < 1.29 is 8.42 Å². The van der Waals surface area contributed by atoms with Gasteiger partial charge in [-0.3, -0.25) is 4.90 Å². The highest BCUT2D eigenvalue weighted by molar-refractivity contribution is 7.88. The maximum Gasteiger partial charge on any atom is 0.211 e. The van der Waals surface area contributed by atoms with Gasteiger partial charge in [-0.1, -0.05) is 6.42 Å². The van der Waals surface area contributed by atoms with E-state index in [1.807, 2.05) is 0 Å². The summed E-state index contributed by atoms with van der Waals surface area (Å²) in [6, 6.07) is 0. The van der Waals surface area contributed by atoms with E-state index in [0.29, 0.717) is 19.6 Å². The maximum absolute atomic E-state index is 11.6. The van der Waals surface area contributed by atoms with Gasteiger partial charge >= 0.3 is 0 Å². The van der Waals surface area contributed by atoms with Gasteiger partial charge in [0, 0.05) is 25.8 Å². The van der Waals surface area contributed by atoms with Gasteiger partial charge in [-0.2, -0.15) is 4.31 Å². The second-order valence-corrected chi connectivity index (χ2v) is 7.76. The average Bonchev–Trinajstić information content (AvgIpc) is 2.80. The summed E-state index contributed by atoms with van der Waals surface area (Å²) in [6.45, 7) is 4.84. The van der Waals surface area contributed by atoms with Gasteiger partial charge in [0.1, 0.15) is 5.82 Å².